The van der Waals surface area contributed by atoms with E-state index in [1.807, 2.05) is 66.9 Å². The van der Waals surface area contributed by atoms with Crippen LogP contribution in [0.3, 0.4) is 0 Å². The molecule has 7 heteroatoms. The van der Waals surface area contributed by atoms with Crippen molar-refractivity contribution in [1.82, 2.24) is 4.98 Å². The number of carbonyl (C=O) groups is 2. The first-order chi connectivity index (χ1) is 14.6. The van der Waals surface area contributed by atoms with Crippen molar-refractivity contribution in [3.63, 3.8) is 0 Å². The van der Waals surface area contributed by atoms with Crippen LogP contribution in [0.4, 0.5) is 5.13 Å². The van der Waals surface area contributed by atoms with Gasteiger partial charge in [-0.1, -0.05) is 48.5 Å². The number of aromatic nitrogens is 1. The first kappa shape index (κ1) is 20.0. The second kappa shape index (κ2) is 8.59. The predicted octanol–water partition coefficient (Wildman–Crippen LogP) is 4.36. The molecule has 0 saturated heterocycles. The van der Waals surface area contributed by atoms with Crippen molar-refractivity contribution in [2.24, 2.45) is 11.0 Å². The molecular formula is C23H21N3O3S. The standard InChI is InChI=1S/C23H21N3O3S/c1-3-29-20-12-8-7-11-17(20)13-19(27)21-15(2)25-26(22(21)28)23-24-18(14-30-23)16-9-5-4-6-10-16/h4-12,14,21H,3,13H2,1-2H3. The molecule has 2 heterocycles. The summed E-state index contributed by atoms with van der Waals surface area (Å²) >= 11 is 1.33. The Morgan fingerprint density at radius 2 is 1.87 bits per heavy atom. The lowest BCUT2D eigenvalue weighted by Gasteiger charge is -2.13. The van der Waals surface area contributed by atoms with Crippen molar-refractivity contribution in [2.75, 3.05) is 11.6 Å². The minimum absolute atomic E-state index is 0.112. The van der Waals surface area contributed by atoms with Crippen LogP contribution in [0, 0.1) is 5.92 Å². The highest BCUT2D eigenvalue weighted by atomic mass is 32.1. The summed E-state index contributed by atoms with van der Waals surface area (Å²) < 4.78 is 5.60. The van der Waals surface area contributed by atoms with Gasteiger partial charge in [-0.05, 0) is 19.9 Å². The summed E-state index contributed by atoms with van der Waals surface area (Å²) in [5.74, 6) is -0.794. The molecule has 1 unspecified atom stereocenters. The molecule has 0 saturated carbocycles. The van der Waals surface area contributed by atoms with Gasteiger partial charge in [0.15, 0.2) is 5.78 Å². The Kier molecular flexibility index (Phi) is 5.72. The Labute approximate surface area is 178 Å². The van der Waals surface area contributed by atoms with Gasteiger partial charge in [0.05, 0.1) is 18.0 Å². The molecule has 1 atom stereocenters. The van der Waals surface area contributed by atoms with E-state index in [0.29, 0.717) is 23.2 Å². The van der Waals surface area contributed by atoms with E-state index in [0.717, 1.165) is 16.8 Å². The fourth-order valence-corrected chi connectivity index (χ4v) is 4.20. The van der Waals surface area contributed by atoms with Gasteiger partial charge in [0.25, 0.3) is 5.91 Å². The lowest BCUT2D eigenvalue weighted by molar-refractivity contribution is -0.128. The van der Waals surface area contributed by atoms with Crippen LogP contribution in [0.1, 0.15) is 19.4 Å². The average molecular weight is 420 g/mol. The van der Waals surface area contributed by atoms with Crippen LogP contribution in [-0.2, 0) is 16.0 Å². The van der Waals surface area contributed by atoms with Crippen LogP contribution in [0.25, 0.3) is 11.3 Å². The molecule has 152 valence electrons. The Bertz CT molecular complexity index is 1110. The Morgan fingerprint density at radius 1 is 1.13 bits per heavy atom. The topological polar surface area (TPSA) is 71.9 Å². The van der Waals surface area contributed by atoms with Crippen molar-refractivity contribution in [3.8, 4) is 17.0 Å². The third kappa shape index (κ3) is 3.89. The predicted molar refractivity (Wildman–Crippen MR) is 118 cm³/mol. The summed E-state index contributed by atoms with van der Waals surface area (Å²) in [6.07, 6.45) is 0.112. The molecule has 4 rings (SSSR count). The number of amides is 1. The molecule has 0 N–H and O–H groups in total. The molecule has 0 aliphatic carbocycles. The first-order valence-electron chi connectivity index (χ1n) is 9.72. The van der Waals surface area contributed by atoms with Crippen molar-refractivity contribution in [2.45, 2.75) is 20.3 Å². The number of Topliss-reactive ketones (excluding diaryl/α,β-unsaturated/α-hetero) is 1. The zero-order chi connectivity index (χ0) is 21.1. The fourth-order valence-electron chi connectivity index (χ4n) is 3.41. The molecule has 3 aromatic rings. The number of hydrogen-bond acceptors (Lipinski definition) is 6. The van der Waals surface area contributed by atoms with Gasteiger partial charge in [-0.2, -0.15) is 10.1 Å². The number of benzene rings is 2. The van der Waals surface area contributed by atoms with Crippen LogP contribution in [0.2, 0.25) is 0 Å². The van der Waals surface area contributed by atoms with Gasteiger partial charge in [0.2, 0.25) is 5.13 Å². The van der Waals surface area contributed by atoms with E-state index in [1.54, 1.807) is 6.92 Å². The number of ketones is 1. The molecule has 0 radical (unpaired) electrons. The number of hydrazone groups is 1. The number of para-hydroxylation sites is 1. The lowest BCUT2D eigenvalue weighted by Crippen LogP contribution is -2.33. The van der Waals surface area contributed by atoms with Crippen molar-refractivity contribution in [1.29, 1.82) is 0 Å². The van der Waals surface area contributed by atoms with Crippen LogP contribution >= 0.6 is 11.3 Å². The Hall–Kier alpha value is -3.32. The summed E-state index contributed by atoms with van der Waals surface area (Å²) in [6.45, 7) is 4.11. The molecule has 0 bridgehead atoms. The van der Waals surface area contributed by atoms with Crippen LogP contribution in [-0.4, -0.2) is 29.0 Å². The van der Waals surface area contributed by atoms with E-state index < -0.39 is 5.92 Å². The molecule has 1 aromatic heterocycles. The summed E-state index contributed by atoms with van der Waals surface area (Å²) in [6, 6.07) is 17.1. The highest BCUT2D eigenvalue weighted by Gasteiger charge is 2.40. The van der Waals surface area contributed by atoms with E-state index in [2.05, 4.69) is 10.1 Å². The molecule has 0 spiro atoms. The number of ether oxygens (including phenoxy) is 1. The molecule has 6 nitrogen and oxygen atoms in total. The van der Waals surface area contributed by atoms with Gasteiger partial charge in [-0.25, -0.2) is 4.98 Å². The maximum Gasteiger partial charge on any atom is 0.265 e. The molecular weight excluding hydrogens is 398 g/mol. The number of nitrogens with zero attached hydrogens (tertiary/aromatic N) is 3. The van der Waals surface area contributed by atoms with Gasteiger partial charge in [-0.15, -0.1) is 11.3 Å². The number of thiazole rings is 1. The quantitative estimate of drug-likeness (QED) is 0.534. The van der Waals surface area contributed by atoms with Crippen molar-refractivity contribution >= 4 is 33.9 Å². The zero-order valence-electron chi connectivity index (χ0n) is 16.7. The Balaban J connectivity index is 1.53. The molecule has 1 amide bonds. The third-order valence-corrected chi connectivity index (χ3v) is 5.65. The average Bonchev–Trinajstić information content (AvgIpc) is 3.35. The summed E-state index contributed by atoms with van der Waals surface area (Å²) in [5, 5.41) is 7.95. The summed E-state index contributed by atoms with van der Waals surface area (Å²) in [7, 11) is 0. The van der Waals surface area contributed by atoms with Crippen molar-refractivity contribution < 1.29 is 14.3 Å². The van der Waals surface area contributed by atoms with Gasteiger partial charge >= 0.3 is 0 Å². The largest absolute Gasteiger partial charge is 0.494 e. The Morgan fingerprint density at radius 3 is 2.63 bits per heavy atom. The summed E-state index contributed by atoms with van der Waals surface area (Å²) in [4.78, 5) is 30.6. The van der Waals surface area contributed by atoms with Crippen LogP contribution < -0.4 is 9.75 Å². The molecule has 30 heavy (non-hydrogen) atoms. The minimum Gasteiger partial charge on any atom is -0.494 e. The highest BCUT2D eigenvalue weighted by Crippen LogP contribution is 2.32. The van der Waals surface area contributed by atoms with E-state index in [-0.39, 0.29) is 18.1 Å². The monoisotopic (exact) mass is 419 g/mol. The number of hydrogen-bond donors (Lipinski definition) is 0. The van der Waals surface area contributed by atoms with Gasteiger partial charge in [-0.3, -0.25) is 9.59 Å². The van der Waals surface area contributed by atoms with Crippen molar-refractivity contribution in [3.05, 3.63) is 65.5 Å². The van der Waals surface area contributed by atoms with Gasteiger partial charge in [0.1, 0.15) is 11.7 Å². The molecule has 2 aromatic carbocycles. The smallest absolute Gasteiger partial charge is 0.265 e. The minimum atomic E-state index is -0.899. The maximum atomic E-state index is 13.0. The fraction of sp³-hybridized carbons (Fsp3) is 0.217. The second-order valence-corrected chi connectivity index (χ2v) is 7.73. The molecule has 1 aliphatic heterocycles. The third-order valence-electron chi connectivity index (χ3n) is 4.83. The molecule has 0 fully saturated rings. The van der Waals surface area contributed by atoms with E-state index in [1.165, 1.54) is 16.3 Å². The number of carbonyl (C=O) groups excluding carboxylic acids is 2. The van der Waals surface area contributed by atoms with Gasteiger partial charge < -0.3 is 4.74 Å². The maximum absolute atomic E-state index is 13.0. The zero-order valence-corrected chi connectivity index (χ0v) is 17.6. The van der Waals surface area contributed by atoms with E-state index in [4.69, 9.17) is 4.74 Å². The number of anilines is 1. The first-order valence-corrected chi connectivity index (χ1v) is 10.6. The normalized spacial score (nSPS) is 15.9. The van der Waals surface area contributed by atoms with E-state index >= 15 is 0 Å². The van der Waals surface area contributed by atoms with E-state index in [9.17, 15) is 9.59 Å². The van der Waals surface area contributed by atoms with Crippen LogP contribution in [0.15, 0.2) is 65.1 Å². The lowest BCUT2D eigenvalue weighted by atomic mass is 9.94. The second-order valence-electron chi connectivity index (χ2n) is 6.89. The van der Waals surface area contributed by atoms with Crippen LogP contribution in [0.5, 0.6) is 5.75 Å². The number of rotatable bonds is 7. The van der Waals surface area contributed by atoms with Gasteiger partial charge in [0, 0.05) is 22.9 Å². The SMILES string of the molecule is CCOc1ccccc1CC(=O)C1C(=O)N(c2nc(-c3ccccc3)cs2)N=C1C. The molecule has 1 aliphatic rings. The highest BCUT2D eigenvalue weighted by molar-refractivity contribution is 7.14. The summed E-state index contributed by atoms with van der Waals surface area (Å²) in [5.41, 5.74) is 2.99.